The highest BCUT2D eigenvalue weighted by molar-refractivity contribution is 4.94. The van der Waals surface area contributed by atoms with Crippen LogP contribution >= 0.6 is 0 Å². The van der Waals surface area contributed by atoms with E-state index < -0.39 is 0 Å². The Bertz CT molecular complexity index is 136. The Balaban J connectivity index is 2.10. The monoisotopic (exact) mass is 171 g/mol. The largest absolute Gasteiger partial charge is 0.392 e. The van der Waals surface area contributed by atoms with Crippen LogP contribution in [0.5, 0.6) is 0 Å². The molecular formula is C10H21NO. The molecule has 0 saturated heterocycles. The Morgan fingerprint density at radius 1 is 1.50 bits per heavy atom. The Hall–Kier alpha value is -0.0800. The third-order valence-corrected chi connectivity index (χ3v) is 2.78. The lowest BCUT2D eigenvalue weighted by molar-refractivity contribution is 0.151. The fourth-order valence-corrected chi connectivity index (χ4v) is 1.62. The molecule has 0 bridgehead atoms. The Morgan fingerprint density at radius 3 is 2.67 bits per heavy atom. The first-order chi connectivity index (χ1) is 5.65. The standard InChI is InChI=1S/C10H21NO/c1-4-5-9-6-10(9)11-7(2)8(3)12/h7-12H,4-6H2,1-3H3. The van der Waals surface area contributed by atoms with Gasteiger partial charge in [-0.1, -0.05) is 13.3 Å². The summed E-state index contributed by atoms with van der Waals surface area (Å²) in [6.07, 6.45) is 3.70. The van der Waals surface area contributed by atoms with Crippen LogP contribution in [0.2, 0.25) is 0 Å². The average Bonchev–Trinajstić information content (AvgIpc) is 2.68. The van der Waals surface area contributed by atoms with Crippen LogP contribution in [-0.2, 0) is 0 Å². The van der Waals surface area contributed by atoms with E-state index in [1.807, 2.05) is 13.8 Å². The molecule has 1 saturated carbocycles. The van der Waals surface area contributed by atoms with Gasteiger partial charge >= 0.3 is 0 Å². The molecule has 0 aliphatic heterocycles. The van der Waals surface area contributed by atoms with Gasteiger partial charge in [0.2, 0.25) is 0 Å². The highest BCUT2D eigenvalue weighted by Gasteiger charge is 2.36. The van der Waals surface area contributed by atoms with Crippen LogP contribution in [0.4, 0.5) is 0 Å². The number of hydrogen-bond acceptors (Lipinski definition) is 2. The fraction of sp³-hybridized carbons (Fsp3) is 1.00. The Labute approximate surface area is 75.4 Å². The Morgan fingerprint density at radius 2 is 2.17 bits per heavy atom. The summed E-state index contributed by atoms with van der Waals surface area (Å²) in [5.74, 6) is 0.885. The quantitative estimate of drug-likeness (QED) is 0.657. The van der Waals surface area contributed by atoms with Crippen LogP contribution in [-0.4, -0.2) is 23.3 Å². The van der Waals surface area contributed by atoms with Crippen molar-refractivity contribution in [2.75, 3.05) is 0 Å². The van der Waals surface area contributed by atoms with Crippen molar-refractivity contribution in [3.8, 4) is 0 Å². The van der Waals surface area contributed by atoms with Crippen molar-refractivity contribution in [3.63, 3.8) is 0 Å². The second-order valence-corrected chi connectivity index (χ2v) is 4.09. The molecule has 0 amide bonds. The van der Waals surface area contributed by atoms with E-state index in [1.165, 1.54) is 19.3 Å². The second-order valence-electron chi connectivity index (χ2n) is 4.09. The lowest BCUT2D eigenvalue weighted by Crippen LogP contribution is -2.37. The average molecular weight is 171 g/mol. The van der Waals surface area contributed by atoms with Crippen molar-refractivity contribution in [1.29, 1.82) is 0 Å². The highest BCUT2D eigenvalue weighted by atomic mass is 16.3. The van der Waals surface area contributed by atoms with Crippen molar-refractivity contribution < 1.29 is 5.11 Å². The molecule has 4 unspecified atom stereocenters. The van der Waals surface area contributed by atoms with E-state index in [0.29, 0.717) is 6.04 Å². The zero-order chi connectivity index (χ0) is 9.14. The van der Waals surface area contributed by atoms with Crippen molar-refractivity contribution in [1.82, 2.24) is 5.32 Å². The molecule has 0 heterocycles. The number of aliphatic hydroxyl groups is 1. The van der Waals surface area contributed by atoms with Gasteiger partial charge in [0.1, 0.15) is 0 Å². The van der Waals surface area contributed by atoms with Crippen LogP contribution in [0.3, 0.4) is 0 Å². The maximum absolute atomic E-state index is 9.25. The van der Waals surface area contributed by atoms with Crippen molar-refractivity contribution >= 4 is 0 Å². The van der Waals surface area contributed by atoms with Crippen LogP contribution in [0.1, 0.15) is 40.0 Å². The van der Waals surface area contributed by atoms with E-state index in [1.54, 1.807) is 0 Å². The Kier molecular flexibility index (Phi) is 3.53. The number of hydrogen-bond donors (Lipinski definition) is 2. The zero-order valence-electron chi connectivity index (χ0n) is 8.38. The molecule has 4 atom stereocenters. The van der Waals surface area contributed by atoms with Crippen LogP contribution in [0.25, 0.3) is 0 Å². The van der Waals surface area contributed by atoms with E-state index in [4.69, 9.17) is 0 Å². The van der Waals surface area contributed by atoms with Gasteiger partial charge in [-0.05, 0) is 32.6 Å². The summed E-state index contributed by atoms with van der Waals surface area (Å²) in [5.41, 5.74) is 0. The molecule has 1 aliphatic rings. The van der Waals surface area contributed by atoms with Crippen LogP contribution in [0.15, 0.2) is 0 Å². The van der Waals surface area contributed by atoms with E-state index in [0.717, 1.165) is 5.92 Å². The first kappa shape index (κ1) is 10.0. The predicted octanol–water partition coefficient (Wildman–Crippen LogP) is 1.53. The molecular weight excluding hydrogens is 150 g/mol. The first-order valence-corrected chi connectivity index (χ1v) is 5.09. The lowest BCUT2D eigenvalue weighted by Gasteiger charge is -2.16. The van der Waals surface area contributed by atoms with Gasteiger partial charge < -0.3 is 10.4 Å². The summed E-state index contributed by atoms with van der Waals surface area (Å²) in [6.45, 7) is 6.12. The van der Waals surface area contributed by atoms with Gasteiger partial charge in [0.25, 0.3) is 0 Å². The molecule has 12 heavy (non-hydrogen) atoms. The first-order valence-electron chi connectivity index (χ1n) is 5.09. The molecule has 2 heteroatoms. The molecule has 0 aromatic rings. The van der Waals surface area contributed by atoms with Gasteiger partial charge in [0.15, 0.2) is 0 Å². The minimum atomic E-state index is -0.229. The minimum Gasteiger partial charge on any atom is -0.392 e. The van der Waals surface area contributed by atoms with Crippen molar-refractivity contribution in [2.24, 2.45) is 5.92 Å². The molecule has 1 rings (SSSR count). The molecule has 0 spiro atoms. The third kappa shape index (κ3) is 2.76. The number of aliphatic hydroxyl groups excluding tert-OH is 1. The maximum atomic E-state index is 9.25. The summed E-state index contributed by atoms with van der Waals surface area (Å²) in [7, 11) is 0. The van der Waals surface area contributed by atoms with Crippen molar-refractivity contribution in [3.05, 3.63) is 0 Å². The zero-order valence-corrected chi connectivity index (χ0v) is 8.38. The second kappa shape index (κ2) is 4.24. The molecule has 0 radical (unpaired) electrons. The number of rotatable bonds is 5. The molecule has 1 fully saturated rings. The summed E-state index contributed by atoms with van der Waals surface area (Å²) < 4.78 is 0. The summed E-state index contributed by atoms with van der Waals surface area (Å²) >= 11 is 0. The van der Waals surface area contributed by atoms with Crippen LogP contribution in [0, 0.1) is 5.92 Å². The predicted molar refractivity (Wildman–Crippen MR) is 51.1 cm³/mol. The summed E-state index contributed by atoms with van der Waals surface area (Å²) in [4.78, 5) is 0. The smallest absolute Gasteiger partial charge is 0.0662 e. The molecule has 72 valence electrons. The van der Waals surface area contributed by atoms with Gasteiger partial charge in [0.05, 0.1) is 6.10 Å². The maximum Gasteiger partial charge on any atom is 0.0662 e. The molecule has 1 aliphatic carbocycles. The van der Waals surface area contributed by atoms with E-state index >= 15 is 0 Å². The van der Waals surface area contributed by atoms with Gasteiger partial charge in [-0.2, -0.15) is 0 Å². The molecule has 0 aromatic carbocycles. The normalized spacial score (nSPS) is 33.0. The topological polar surface area (TPSA) is 32.3 Å². The molecule has 0 aromatic heterocycles. The molecule has 2 N–H and O–H groups in total. The van der Waals surface area contributed by atoms with Crippen LogP contribution < -0.4 is 5.32 Å². The van der Waals surface area contributed by atoms with Gasteiger partial charge in [0, 0.05) is 12.1 Å². The highest BCUT2D eigenvalue weighted by Crippen LogP contribution is 2.34. The summed E-state index contributed by atoms with van der Waals surface area (Å²) in [6, 6.07) is 0.936. The van der Waals surface area contributed by atoms with Crippen molar-refractivity contribution in [2.45, 2.75) is 58.2 Å². The third-order valence-electron chi connectivity index (χ3n) is 2.78. The fourth-order valence-electron chi connectivity index (χ4n) is 1.62. The van der Waals surface area contributed by atoms with E-state index in [2.05, 4.69) is 12.2 Å². The minimum absolute atomic E-state index is 0.229. The van der Waals surface area contributed by atoms with Gasteiger partial charge in [-0.25, -0.2) is 0 Å². The van der Waals surface area contributed by atoms with E-state index in [-0.39, 0.29) is 12.1 Å². The van der Waals surface area contributed by atoms with Gasteiger partial charge in [-0.3, -0.25) is 0 Å². The SMILES string of the molecule is CCCC1CC1NC(C)C(C)O. The lowest BCUT2D eigenvalue weighted by atomic mass is 10.2. The number of nitrogens with one attached hydrogen (secondary N) is 1. The van der Waals surface area contributed by atoms with Gasteiger partial charge in [-0.15, -0.1) is 0 Å². The molecule has 2 nitrogen and oxygen atoms in total. The summed E-state index contributed by atoms with van der Waals surface area (Å²) in [5, 5.41) is 12.7. The van der Waals surface area contributed by atoms with E-state index in [9.17, 15) is 5.11 Å².